The standard InChI is InChI=1S/C21H25NO5/c1-2-26-20(24)12-8-4-7-11-18-15-19(23)13-14-22(18)21(25)27-16-17-9-5-3-6-10-17/h3,5-6,8-10,12-14,18H,2,4,7,11,15-16H2,1H3/b12-8+. The van der Waals surface area contributed by atoms with Gasteiger partial charge < -0.3 is 9.47 Å². The summed E-state index contributed by atoms with van der Waals surface area (Å²) in [7, 11) is 0. The van der Waals surface area contributed by atoms with Crippen molar-refractivity contribution in [1.82, 2.24) is 4.90 Å². The highest BCUT2D eigenvalue weighted by Crippen LogP contribution is 2.20. The number of benzene rings is 1. The van der Waals surface area contributed by atoms with Gasteiger partial charge in [-0.3, -0.25) is 9.69 Å². The number of allylic oxidation sites excluding steroid dienone is 2. The van der Waals surface area contributed by atoms with Crippen molar-refractivity contribution in [3.8, 4) is 0 Å². The number of ether oxygens (including phenoxy) is 2. The molecule has 6 nitrogen and oxygen atoms in total. The van der Waals surface area contributed by atoms with Crippen molar-refractivity contribution in [1.29, 1.82) is 0 Å². The summed E-state index contributed by atoms with van der Waals surface area (Å²) >= 11 is 0. The van der Waals surface area contributed by atoms with E-state index in [1.165, 1.54) is 23.3 Å². The average molecular weight is 371 g/mol. The first-order valence-corrected chi connectivity index (χ1v) is 9.13. The molecule has 0 spiro atoms. The van der Waals surface area contributed by atoms with Crippen LogP contribution in [0.25, 0.3) is 0 Å². The topological polar surface area (TPSA) is 72.9 Å². The maximum Gasteiger partial charge on any atom is 0.414 e. The molecule has 1 amide bonds. The third kappa shape index (κ3) is 7.09. The van der Waals surface area contributed by atoms with Crippen molar-refractivity contribution in [2.24, 2.45) is 0 Å². The highest BCUT2D eigenvalue weighted by atomic mass is 16.6. The Morgan fingerprint density at radius 1 is 1.22 bits per heavy atom. The zero-order valence-electron chi connectivity index (χ0n) is 15.5. The molecule has 1 aromatic rings. The van der Waals surface area contributed by atoms with Gasteiger partial charge in [-0.15, -0.1) is 0 Å². The lowest BCUT2D eigenvalue weighted by molar-refractivity contribution is -0.137. The molecule has 144 valence electrons. The third-order valence-corrected chi connectivity index (χ3v) is 4.12. The Morgan fingerprint density at radius 2 is 2.00 bits per heavy atom. The van der Waals surface area contributed by atoms with Crippen LogP contribution in [0.2, 0.25) is 0 Å². The van der Waals surface area contributed by atoms with Crippen LogP contribution in [0, 0.1) is 0 Å². The lowest BCUT2D eigenvalue weighted by Crippen LogP contribution is -2.40. The van der Waals surface area contributed by atoms with Crippen LogP contribution >= 0.6 is 0 Å². The van der Waals surface area contributed by atoms with E-state index in [-0.39, 0.29) is 30.8 Å². The van der Waals surface area contributed by atoms with Crippen LogP contribution in [-0.2, 0) is 25.7 Å². The quantitative estimate of drug-likeness (QED) is 0.395. The van der Waals surface area contributed by atoms with E-state index in [1.54, 1.807) is 13.0 Å². The monoisotopic (exact) mass is 371 g/mol. The third-order valence-electron chi connectivity index (χ3n) is 4.12. The Bertz CT molecular complexity index is 696. The van der Waals surface area contributed by atoms with Crippen LogP contribution in [0.1, 0.15) is 38.2 Å². The number of ketones is 1. The molecule has 0 bridgehead atoms. The lowest BCUT2D eigenvalue weighted by Gasteiger charge is -2.30. The molecule has 1 atom stereocenters. The molecule has 0 aromatic heterocycles. The van der Waals surface area contributed by atoms with Gasteiger partial charge in [0.25, 0.3) is 0 Å². The first-order valence-electron chi connectivity index (χ1n) is 9.13. The van der Waals surface area contributed by atoms with E-state index >= 15 is 0 Å². The van der Waals surface area contributed by atoms with Crippen molar-refractivity contribution < 1.29 is 23.9 Å². The maximum atomic E-state index is 12.4. The number of amides is 1. The fraction of sp³-hybridized carbons (Fsp3) is 0.381. The fourth-order valence-electron chi connectivity index (χ4n) is 2.77. The van der Waals surface area contributed by atoms with E-state index < -0.39 is 6.09 Å². The number of hydrogen-bond acceptors (Lipinski definition) is 5. The SMILES string of the molecule is CCOC(=O)/C=C/CCCC1CC(=O)C=CN1C(=O)OCc1ccccc1. The summed E-state index contributed by atoms with van der Waals surface area (Å²) < 4.78 is 10.2. The maximum absolute atomic E-state index is 12.4. The van der Waals surface area contributed by atoms with Crippen LogP contribution < -0.4 is 0 Å². The van der Waals surface area contributed by atoms with Gasteiger partial charge in [-0.25, -0.2) is 9.59 Å². The highest BCUT2D eigenvalue weighted by Gasteiger charge is 2.27. The van der Waals surface area contributed by atoms with Gasteiger partial charge in [-0.1, -0.05) is 36.4 Å². The van der Waals surface area contributed by atoms with E-state index in [9.17, 15) is 14.4 Å². The van der Waals surface area contributed by atoms with Gasteiger partial charge in [0.15, 0.2) is 5.78 Å². The molecule has 0 radical (unpaired) electrons. The van der Waals surface area contributed by atoms with Gasteiger partial charge in [-0.2, -0.15) is 0 Å². The predicted molar refractivity (Wildman–Crippen MR) is 101 cm³/mol. The summed E-state index contributed by atoms with van der Waals surface area (Å²) in [6, 6.07) is 9.20. The summed E-state index contributed by atoms with van der Waals surface area (Å²) in [5.74, 6) is -0.367. The van der Waals surface area contributed by atoms with Gasteiger partial charge >= 0.3 is 12.1 Å². The van der Waals surface area contributed by atoms with Crippen molar-refractivity contribution >= 4 is 17.8 Å². The first kappa shape index (κ1) is 20.4. The summed E-state index contributed by atoms with van der Waals surface area (Å²) in [5.41, 5.74) is 0.906. The van der Waals surface area contributed by atoms with Gasteiger partial charge in [0.05, 0.1) is 6.61 Å². The average Bonchev–Trinajstić information content (AvgIpc) is 2.67. The second-order valence-corrected chi connectivity index (χ2v) is 6.17. The molecule has 1 aromatic carbocycles. The molecule has 0 saturated heterocycles. The number of unbranched alkanes of at least 4 members (excludes halogenated alkanes) is 1. The Balaban J connectivity index is 1.83. The van der Waals surface area contributed by atoms with E-state index in [1.807, 2.05) is 30.3 Å². The highest BCUT2D eigenvalue weighted by molar-refractivity contribution is 5.92. The van der Waals surface area contributed by atoms with Crippen LogP contribution in [0.3, 0.4) is 0 Å². The minimum atomic E-state index is -0.463. The van der Waals surface area contributed by atoms with E-state index in [4.69, 9.17) is 9.47 Å². The molecule has 0 fully saturated rings. The van der Waals surface area contributed by atoms with Gasteiger partial charge in [0.2, 0.25) is 0 Å². The molecular formula is C21H25NO5. The molecule has 0 N–H and O–H groups in total. The summed E-state index contributed by atoms with van der Waals surface area (Å²) in [6.07, 6.45) is 7.92. The molecule has 2 rings (SSSR count). The number of carbonyl (C=O) groups excluding carboxylic acids is 3. The van der Waals surface area contributed by atoms with E-state index in [0.29, 0.717) is 19.4 Å². The van der Waals surface area contributed by atoms with Crippen molar-refractivity contribution in [2.75, 3.05) is 6.61 Å². The van der Waals surface area contributed by atoms with E-state index in [2.05, 4.69) is 0 Å². The number of nitrogens with zero attached hydrogens (tertiary/aromatic N) is 1. The second-order valence-electron chi connectivity index (χ2n) is 6.17. The van der Waals surface area contributed by atoms with E-state index in [0.717, 1.165) is 12.0 Å². The molecule has 1 unspecified atom stereocenters. The first-order chi connectivity index (χ1) is 13.1. The summed E-state index contributed by atoms with van der Waals surface area (Å²) in [4.78, 5) is 36.9. The van der Waals surface area contributed by atoms with Crippen molar-refractivity contribution in [2.45, 2.75) is 45.3 Å². The number of rotatable bonds is 8. The Labute approximate surface area is 159 Å². The smallest absolute Gasteiger partial charge is 0.414 e. The van der Waals surface area contributed by atoms with Crippen LogP contribution in [-0.4, -0.2) is 35.4 Å². The number of esters is 1. The fourth-order valence-corrected chi connectivity index (χ4v) is 2.77. The van der Waals surface area contributed by atoms with Crippen LogP contribution in [0.5, 0.6) is 0 Å². The molecule has 1 aliphatic rings. The molecule has 0 aliphatic carbocycles. The van der Waals surface area contributed by atoms with Crippen LogP contribution in [0.4, 0.5) is 4.79 Å². The zero-order valence-corrected chi connectivity index (χ0v) is 15.5. The second kappa shape index (κ2) is 11.0. The minimum Gasteiger partial charge on any atom is -0.463 e. The molecule has 0 saturated carbocycles. The molecular weight excluding hydrogens is 346 g/mol. The van der Waals surface area contributed by atoms with Crippen LogP contribution in [0.15, 0.2) is 54.8 Å². The Morgan fingerprint density at radius 3 is 2.74 bits per heavy atom. The van der Waals surface area contributed by atoms with Gasteiger partial charge in [0, 0.05) is 24.7 Å². The molecule has 1 heterocycles. The molecule has 6 heteroatoms. The Hall–Kier alpha value is -2.89. The molecule has 1 aliphatic heterocycles. The largest absolute Gasteiger partial charge is 0.463 e. The Kier molecular flexibility index (Phi) is 8.29. The summed E-state index contributed by atoms with van der Waals surface area (Å²) in [6.45, 7) is 2.29. The van der Waals surface area contributed by atoms with Crippen molar-refractivity contribution in [3.05, 3.63) is 60.3 Å². The van der Waals surface area contributed by atoms with Gasteiger partial charge in [0.1, 0.15) is 6.61 Å². The van der Waals surface area contributed by atoms with Gasteiger partial charge in [-0.05, 0) is 37.8 Å². The summed E-state index contributed by atoms with van der Waals surface area (Å²) in [5, 5.41) is 0. The molecule has 27 heavy (non-hydrogen) atoms. The van der Waals surface area contributed by atoms with Crippen molar-refractivity contribution in [3.63, 3.8) is 0 Å². The lowest BCUT2D eigenvalue weighted by atomic mass is 10.00. The predicted octanol–water partition coefficient (Wildman–Crippen LogP) is 3.77. The number of hydrogen-bond donors (Lipinski definition) is 0. The zero-order chi connectivity index (χ0) is 19.5. The minimum absolute atomic E-state index is 0.00539. The normalized spacial score (nSPS) is 16.6. The number of carbonyl (C=O) groups is 3.